The maximum Gasteiger partial charge on any atom is 0.243 e. The molecule has 9 nitrogen and oxygen atoms in total. The summed E-state index contributed by atoms with van der Waals surface area (Å²) in [5.74, 6) is 0.144. The van der Waals surface area contributed by atoms with E-state index in [1.807, 2.05) is 29.3 Å². The molecule has 4 N–H and O–H groups in total. The number of carbonyl (C=O) groups excluding carboxylic acids is 2. The minimum atomic E-state index is -0.367. The molecule has 0 fully saturated rings. The zero-order valence-electron chi connectivity index (χ0n) is 19.4. The molecule has 0 aliphatic heterocycles. The minimum absolute atomic E-state index is 0.0113. The summed E-state index contributed by atoms with van der Waals surface area (Å²) in [5.41, 5.74) is 4.41. The Bertz CT molecular complexity index is 1050. The molecule has 2 aromatic heterocycles. The number of Topliss-reactive ketones (excluding diaryl/α,β-unsaturated/α-hetero) is 1. The van der Waals surface area contributed by atoms with Crippen molar-refractivity contribution in [1.29, 1.82) is 0 Å². The van der Waals surface area contributed by atoms with E-state index in [-0.39, 0.29) is 18.3 Å². The van der Waals surface area contributed by atoms with Gasteiger partial charge in [-0.15, -0.1) is 0 Å². The number of fused-ring (bicyclic) bond motifs is 1. The lowest BCUT2D eigenvalue weighted by Gasteiger charge is -2.21. The Morgan fingerprint density at radius 2 is 1.68 bits per heavy atom. The number of hydrogen-bond acceptors (Lipinski definition) is 7. The molecule has 9 heteroatoms. The number of amides is 1. The number of nitrogens with zero attached hydrogens (tertiary/aromatic N) is 3. The van der Waals surface area contributed by atoms with Crippen molar-refractivity contribution in [2.75, 3.05) is 24.6 Å². The van der Waals surface area contributed by atoms with Crippen LogP contribution in [0.15, 0.2) is 42.9 Å². The lowest BCUT2D eigenvalue weighted by atomic mass is 10.1. The highest BCUT2D eigenvalue weighted by atomic mass is 16.5. The van der Waals surface area contributed by atoms with Crippen LogP contribution in [-0.4, -0.2) is 56.7 Å². The zero-order chi connectivity index (χ0) is 24.2. The number of aliphatic hydroxyl groups is 1. The number of carbonyl (C=O) groups is 2. The van der Waals surface area contributed by atoms with Gasteiger partial charge >= 0.3 is 0 Å². The topological polar surface area (TPSA) is 131 Å². The third-order valence-electron chi connectivity index (χ3n) is 5.87. The largest absolute Gasteiger partial charge is 0.395 e. The average Bonchev–Trinajstić information content (AvgIpc) is 3.29. The minimum Gasteiger partial charge on any atom is -0.395 e. The van der Waals surface area contributed by atoms with Crippen molar-refractivity contribution in [2.45, 2.75) is 51.4 Å². The Balaban J connectivity index is 1.46. The second kappa shape index (κ2) is 13.4. The Labute approximate surface area is 199 Å². The predicted molar refractivity (Wildman–Crippen MR) is 130 cm³/mol. The molecular formula is C25H33N5O4. The Hall–Kier alpha value is -3.30. The van der Waals surface area contributed by atoms with Crippen LogP contribution < -0.4 is 10.4 Å². The van der Waals surface area contributed by atoms with Gasteiger partial charge in [-0.3, -0.25) is 14.8 Å². The van der Waals surface area contributed by atoms with Gasteiger partial charge in [0, 0.05) is 55.4 Å². The summed E-state index contributed by atoms with van der Waals surface area (Å²) < 4.78 is 0. The number of ketones is 1. The second-order valence-electron chi connectivity index (χ2n) is 8.32. The molecule has 0 atom stereocenters. The van der Waals surface area contributed by atoms with E-state index in [1.54, 1.807) is 17.9 Å². The fourth-order valence-electron chi connectivity index (χ4n) is 3.96. The number of hydrogen-bond donors (Lipinski definition) is 4. The summed E-state index contributed by atoms with van der Waals surface area (Å²) >= 11 is 0. The molecule has 3 rings (SSSR count). The Morgan fingerprint density at radius 1 is 0.971 bits per heavy atom. The van der Waals surface area contributed by atoms with Crippen LogP contribution in [0.3, 0.4) is 0 Å². The third-order valence-corrected chi connectivity index (χ3v) is 5.87. The number of aromatic amines is 1. The molecule has 3 aromatic rings. The first kappa shape index (κ1) is 25.3. The molecular weight excluding hydrogens is 434 g/mol. The van der Waals surface area contributed by atoms with Crippen LogP contribution in [0.25, 0.3) is 10.9 Å². The molecule has 0 spiro atoms. The van der Waals surface area contributed by atoms with E-state index in [2.05, 4.69) is 21.0 Å². The molecule has 0 unspecified atom stereocenters. The van der Waals surface area contributed by atoms with E-state index in [1.165, 1.54) is 10.9 Å². The number of anilines is 1. The van der Waals surface area contributed by atoms with Gasteiger partial charge in [-0.2, -0.15) is 0 Å². The van der Waals surface area contributed by atoms with Crippen LogP contribution in [0.4, 0.5) is 5.95 Å². The number of rotatable bonds is 15. The van der Waals surface area contributed by atoms with Crippen LogP contribution in [0, 0.1) is 0 Å². The average molecular weight is 468 g/mol. The summed E-state index contributed by atoms with van der Waals surface area (Å²) in [6.45, 7) is 1.05. The normalized spacial score (nSPS) is 11.0. The first-order chi connectivity index (χ1) is 16.6. The van der Waals surface area contributed by atoms with Crippen molar-refractivity contribution in [3.8, 4) is 0 Å². The number of para-hydroxylation sites is 1. The molecule has 0 aliphatic carbocycles. The molecule has 1 aromatic carbocycles. The van der Waals surface area contributed by atoms with Gasteiger partial charge in [0.25, 0.3) is 0 Å². The van der Waals surface area contributed by atoms with Crippen LogP contribution in [0.1, 0.15) is 60.9 Å². The lowest BCUT2D eigenvalue weighted by molar-refractivity contribution is -0.129. The SMILES string of the molecule is O=C(CCCCCCCC(=O)c1cnc(N(CCO)CCc2c[nH]c3ccccc23)nc1)NO. The van der Waals surface area contributed by atoms with Crippen molar-refractivity contribution >= 4 is 28.5 Å². The molecule has 34 heavy (non-hydrogen) atoms. The fourth-order valence-corrected chi connectivity index (χ4v) is 3.96. The molecule has 1 amide bonds. The fraction of sp³-hybridized carbons (Fsp3) is 0.440. The lowest BCUT2D eigenvalue weighted by Crippen LogP contribution is -2.30. The van der Waals surface area contributed by atoms with Gasteiger partial charge in [-0.1, -0.05) is 37.5 Å². The van der Waals surface area contributed by atoms with Gasteiger partial charge in [0.1, 0.15) is 0 Å². The van der Waals surface area contributed by atoms with Crippen molar-refractivity contribution in [3.63, 3.8) is 0 Å². The molecule has 0 aliphatic rings. The van der Waals surface area contributed by atoms with Crippen molar-refractivity contribution in [2.24, 2.45) is 0 Å². The van der Waals surface area contributed by atoms with Crippen LogP contribution in [-0.2, 0) is 11.2 Å². The quantitative estimate of drug-likeness (QED) is 0.117. The summed E-state index contributed by atoms with van der Waals surface area (Å²) in [4.78, 5) is 37.4. The number of H-pyrrole nitrogens is 1. The van der Waals surface area contributed by atoms with Crippen molar-refractivity contribution in [1.82, 2.24) is 20.4 Å². The number of aliphatic hydroxyl groups excluding tert-OH is 1. The third kappa shape index (κ3) is 7.36. The van der Waals surface area contributed by atoms with Crippen LogP contribution >= 0.6 is 0 Å². The number of hydroxylamine groups is 1. The van der Waals surface area contributed by atoms with Gasteiger partial charge in [0.05, 0.1) is 12.2 Å². The van der Waals surface area contributed by atoms with E-state index in [0.29, 0.717) is 37.4 Å². The summed E-state index contributed by atoms with van der Waals surface area (Å²) in [7, 11) is 0. The smallest absolute Gasteiger partial charge is 0.243 e. The van der Waals surface area contributed by atoms with E-state index in [9.17, 15) is 14.7 Å². The highest BCUT2D eigenvalue weighted by molar-refractivity contribution is 5.95. The first-order valence-corrected chi connectivity index (χ1v) is 11.8. The molecule has 0 saturated carbocycles. The number of nitrogens with one attached hydrogen (secondary N) is 2. The molecule has 0 bridgehead atoms. The second-order valence-corrected chi connectivity index (χ2v) is 8.32. The molecule has 0 radical (unpaired) electrons. The van der Waals surface area contributed by atoms with Gasteiger partial charge in [0.2, 0.25) is 11.9 Å². The van der Waals surface area contributed by atoms with Crippen LogP contribution in [0.5, 0.6) is 0 Å². The van der Waals surface area contributed by atoms with E-state index < -0.39 is 0 Å². The first-order valence-electron chi connectivity index (χ1n) is 11.8. The summed E-state index contributed by atoms with van der Waals surface area (Å²) in [5, 5.41) is 19.1. The van der Waals surface area contributed by atoms with Gasteiger partial charge in [-0.25, -0.2) is 15.4 Å². The highest BCUT2D eigenvalue weighted by Crippen LogP contribution is 2.19. The number of aromatic nitrogens is 3. The highest BCUT2D eigenvalue weighted by Gasteiger charge is 2.13. The van der Waals surface area contributed by atoms with E-state index in [4.69, 9.17) is 5.21 Å². The van der Waals surface area contributed by atoms with Crippen molar-refractivity contribution in [3.05, 3.63) is 54.0 Å². The molecule has 182 valence electrons. The number of benzene rings is 1. The van der Waals surface area contributed by atoms with Gasteiger partial charge < -0.3 is 15.0 Å². The van der Waals surface area contributed by atoms with Crippen molar-refractivity contribution < 1.29 is 19.9 Å². The summed E-state index contributed by atoms with van der Waals surface area (Å²) in [6.07, 6.45) is 10.9. The van der Waals surface area contributed by atoms with E-state index >= 15 is 0 Å². The van der Waals surface area contributed by atoms with Gasteiger partial charge in [-0.05, 0) is 30.9 Å². The summed E-state index contributed by atoms with van der Waals surface area (Å²) in [6, 6.07) is 8.15. The van der Waals surface area contributed by atoms with Gasteiger partial charge in [0.15, 0.2) is 5.78 Å². The maximum absolute atomic E-state index is 12.5. The predicted octanol–water partition coefficient (Wildman–Crippen LogP) is 3.42. The molecule has 2 heterocycles. The Morgan fingerprint density at radius 3 is 2.41 bits per heavy atom. The van der Waals surface area contributed by atoms with E-state index in [0.717, 1.165) is 44.0 Å². The maximum atomic E-state index is 12.5. The standard InChI is InChI=1S/C25H33N5O4/c31-15-14-30(13-12-19-16-26-22-9-7-6-8-21(19)22)25-27-17-20(18-28-25)23(32)10-4-2-1-3-5-11-24(33)29-34/h6-9,16-18,26,31,34H,1-5,10-15H2,(H,29,33). The molecule has 0 saturated heterocycles. The van der Waals surface area contributed by atoms with Crippen LogP contribution in [0.2, 0.25) is 0 Å². The monoisotopic (exact) mass is 467 g/mol. The zero-order valence-corrected chi connectivity index (χ0v) is 19.4. The Kier molecular flexibility index (Phi) is 9.99. The number of unbranched alkanes of at least 4 members (excludes halogenated alkanes) is 4.